The second kappa shape index (κ2) is 24.6. The van der Waals surface area contributed by atoms with E-state index >= 15 is 0 Å². The van der Waals surface area contributed by atoms with Crippen molar-refractivity contribution in [3.8, 4) is 0 Å². The Morgan fingerprint density at radius 1 is 1.21 bits per heavy atom. The number of likely N-dealkylation sites (tertiary alicyclic amines) is 1. The van der Waals surface area contributed by atoms with Gasteiger partial charge in [-0.3, -0.25) is 19.5 Å². The van der Waals surface area contributed by atoms with Crippen molar-refractivity contribution in [2.24, 2.45) is 16.6 Å². The van der Waals surface area contributed by atoms with Gasteiger partial charge in [0, 0.05) is 56.8 Å². The normalized spacial score (nSPS) is 16.9. The summed E-state index contributed by atoms with van der Waals surface area (Å²) in [7, 11) is 4.16. The van der Waals surface area contributed by atoms with Crippen molar-refractivity contribution in [1.82, 2.24) is 30.1 Å². The maximum Gasteiger partial charge on any atom is 0.266 e. The van der Waals surface area contributed by atoms with Crippen LogP contribution in [0.4, 0.5) is 5.82 Å². The van der Waals surface area contributed by atoms with Crippen LogP contribution in [0.25, 0.3) is 5.70 Å². The number of aliphatic imine (C=N–C) groups is 1. The largest absolute Gasteiger partial charge is 0.364 e. The molecular formula is C32H53Cl2N9O3S. The molecule has 0 radical (unpaired) electrons. The van der Waals surface area contributed by atoms with E-state index in [2.05, 4.69) is 67.6 Å². The number of rotatable bonds is 11. The van der Waals surface area contributed by atoms with Gasteiger partial charge in [0.2, 0.25) is 0 Å². The first-order valence-corrected chi connectivity index (χ1v) is 17.6. The fraction of sp³-hybridized carbons (Fsp3) is 0.594. The quantitative estimate of drug-likeness (QED) is 0.0810. The number of aromatic amines is 1. The number of unbranched alkanes of at least 4 members (excludes halogenated alkanes) is 1. The summed E-state index contributed by atoms with van der Waals surface area (Å²) in [5, 5.41) is 3.47. The number of allylic oxidation sites excluding steroid dienone is 1. The number of nitrogens with one attached hydrogen (secondary N) is 2. The van der Waals surface area contributed by atoms with Crippen molar-refractivity contribution in [2.75, 3.05) is 77.1 Å². The van der Waals surface area contributed by atoms with Gasteiger partial charge >= 0.3 is 0 Å². The van der Waals surface area contributed by atoms with Crippen molar-refractivity contribution in [1.29, 1.82) is 0 Å². The van der Waals surface area contributed by atoms with Crippen LogP contribution < -0.4 is 16.0 Å². The number of piperidine rings is 1. The van der Waals surface area contributed by atoms with E-state index in [1.165, 1.54) is 45.0 Å². The van der Waals surface area contributed by atoms with Crippen LogP contribution in [-0.4, -0.2) is 120 Å². The lowest BCUT2D eigenvalue weighted by Gasteiger charge is -2.38. The molecule has 2 aliphatic rings. The first-order chi connectivity index (χ1) is 22.6. The molecule has 0 spiro atoms. The topological polar surface area (TPSA) is 156 Å². The van der Waals surface area contributed by atoms with Crippen molar-refractivity contribution in [3.05, 3.63) is 45.6 Å². The molecule has 2 aromatic heterocycles. The van der Waals surface area contributed by atoms with Crippen LogP contribution in [0.3, 0.4) is 0 Å². The molecule has 4 heterocycles. The summed E-state index contributed by atoms with van der Waals surface area (Å²) in [6.45, 7) is 18.1. The van der Waals surface area contributed by atoms with Crippen LogP contribution in [0.15, 0.2) is 23.5 Å². The molecular weight excluding hydrogens is 661 g/mol. The number of aldehydes is 1. The van der Waals surface area contributed by atoms with Crippen LogP contribution in [0, 0.1) is 12.8 Å². The average molecular weight is 715 g/mol. The molecule has 0 bridgehead atoms. The highest BCUT2D eigenvalue weighted by Gasteiger charge is 2.23. The number of carbonyl (C=O) groups is 2. The van der Waals surface area contributed by atoms with E-state index in [0.717, 1.165) is 68.7 Å². The van der Waals surface area contributed by atoms with E-state index in [9.17, 15) is 9.59 Å². The zero-order chi connectivity index (χ0) is 35.2. The Hall–Kier alpha value is -2.52. The number of H-pyrrole nitrogens is 1. The molecule has 264 valence electrons. The highest BCUT2D eigenvalue weighted by molar-refractivity contribution is 7.93. The van der Waals surface area contributed by atoms with Gasteiger partial charge in [0.1, 0.15) is 23.5 Å². The first kappa shape index (κ1) is 42.5. The minimum absolute atomic E-state index is 0.161. The second-order valence-electron chi connectivity index (χ2n) is 11.2. The van der Waals surface area contributed by atoms with E-state index in [-0.39, 0.29) is 10.7 Å². The Labute approximate surface area is 294 Å². The smallest absolute Gasteiger partial charge is 0.266 e. The number of amides is 1. The molecule has 0 aliphatic carbocycles. The molecule has 0 aromatic carbocycles. The van der Waals surface area contributed by atoms with Gasteiger partial charge < -0.3 is 30.4 Å². The Balaban J connectivity index is 0.000000430. The number of nitrogens with two attached hydrogens (primary N) is 1. The van der Waals surface area contributed by atoms with Crippen molar-refractivity contribution < 1.29 is 14.1 Å². The average Bonchev–Trinajstić information content (AvgIpc) is 3.35. The predicted octanol–water partition coefficient (Wildman–Crippen LogP) is 5.13. The second-order valence-corrected chi connectivity index (χ2v) is 12.6. The summed E-state index contributed by atoms with van der Waals surface area (Å²) >= 11 is 12.2. The van der Waals surface area contributed by atoms with Gasteiger partial charge in [0.25, 0.3) is 5.91 Å². The molecule has 4 rings (SSSR count). The molecule has 1 atom stereocenters. The van der Waals surface area contributed by atoms with Crippen LogP contribution in [0.5, 0.6) is 0 Å². The molecule has 0 saturated carbocycles. The van der Waals surface area contributed by atoms with Gasteiger partial charge in [0.15, 0.2) is 0 Å². The molecule has 1 amide bonds. The Bertz CT molecular complexity index is 1220. The number of hydrogen-bond acceptors (Lipinski definition) is 11. The van der Waals surface area contributed by atoms with E-state index in [1.54, 1.807) is 19.3 Å². The summed E-state index contributed by atoms with van der Waals surface area (Å²) < 4.78 is 8.11. The predicted molar refractivity (Wildman–Crippen MR) is 198 cm³/mol. The molecule has 15 heteroatoms. The third kappa shape index (κ3) is 16.0. The minimum Gasteiger partial charge on any atom is -0.364 e. The molecule has 2 saturated heterocycles. The van der Waals surface area contributed by atoms with Gasteiger partial charge in [0.05, 0.1) is 28.1 Å². The Morgan fingerprint density at radius 3 is 2.30 bits per heavy atom. The number of halogens is 2. The van der Waals surface area contributed by atoms with Crippen LogP contribution in [0.2, 0.25) is 10.0 Å². The highest BCUT2D eigenvalue weighted by atomic mass is 35.5. The number of carbonyl (C=O) groups excluding carboxylic acids is 2. The van der Waals surface area contributed by atoms with Crippen LogP contribution >= 0.6 is 35.2 Å². The lowest BCUT2D eigenvalue weighted by molar-refractivity contribution is -0.104. The molecule has 47 heavy (non-hydrogen) atoms. The number of primary amides is 1. The third-order valence-corrected chi connectivity index (χ3v) is 8.89. The maximum atomic E-state index is 10.6. The fourth-order valence-electron chi connectivity index (χ4n) is 4.80. The summed E-state index contributed by atoms with van der Waals surface area (Å²) in [5.41, 5.74) is 6.80. The number of anilines is 1. The summed E-state index contributed by atoms with van der Waals surface area (Å²) in [5.74, 6) is 1.95. The highest BCUT2D eigenvalue weighted by Crippen LogP contribution is 2.28. The van der Waals surface area contributed by atoms with E-state index in [1.807, 2.05) is 7.05 Å². The summed E-state index contributed by atoms with van der Waals surface area (Å²) in [4.78, 5) is 43.9. The standard InChI is InChI=1S/C19H28N6O.C6H6Cl2N2O.C4H10OS.C3H9N/c1-20-17(5-11-26)18-12-22-19(13-21-18)25-9-7-24(8-10-25)15-16-4-3-6-23(2)14-16;1-2-3(7)4(8)5(10-2)6(9)11;1-2-3-4-6-5;1-3-4-2/h5,11-13,16H,1,3-4,6-10,14-15H2,2H3;10H,1H3,(H2,9,11);5H,2-4H2,1H3;4H,3H2,1-2H3/b17-5+;;;. The Morgan fingerprint density at radius 2 is 1.89 bits per heavy atom. The van der Waals surface area contributed by atoms with Crippen molar-refractivity contribution in [3.63, 3.8) is 0 Å². The fourth-order valence-corrected chi connectivity index (χ4v) is 5.64. The zero-order valence-corrected chi connectivity index (χ0v) is 30.8. The van der Waals surface area contributed by atoms with E-state index in [0.29, 0.717) is 28.4 Å². The summed E-state index contributed by atoms with van der Waals surface area (Å²) in [6, 6.07) is 0. The van der Waals surface area contributed by atoms with Crippen LogP contribution in [0.1, 0.15) is 61.4 Å². The monoisotopic (exact) mass is 713 g/mol. The zero-order valence-electron chi connectivity index (χ0n) is 28.5. The molecule has 2 aliphatic heterocycles. The number of aromatic nitrogens is 3. The Kier molecular flexibility index (Phi) is 22.2. The lowest BCUT2D eigenvalue weighted by Crippen LogP contribution is -2.49. The van der Waals surface area contributed by atoms with Gasteiger partial charge in [-0.05, 0) is 78.0 Å². The number of aryl methyl sites for hydroxylation is 1. The van der Waals surface area contributed by atoms with Gasteiger partial charge in [-0.25, -0.2) is 9.97 Å². The first-order valence-electron chi connectivity index (χ1n) is 15.9. The maximum absolute atomic E-state index is 10.6. The van der Waals surface area contributed by atoms with Gasteiger partial charge in [-0.15, -0.1) is 0 Å². The molecule has 12 nitrogen and oxygen atoms in total. The van der Waals surface area contributed by atoms with Crippen molar-refractivity contribution in [2.45, 2.75) is 46.5 Å². The lowest BCUT2D eigenvalue weighted by atomic mass is 9.97. The van der Waals surface area contributed by atoms with E-state index in [4.69, 9.17) is 33.5 Å². The molecule has 5 N–H and O–H groups in total. The van der Waals surface area contributed by atoms with Gasteiger partial charge in [-0.2, -0.15) is 0 Å². The molecule has 1 unspecified atom stereocenters. The van der Waals surface area contributed by atoms with Gasteiger partial charge in [-0.1, -0.05) is 43.5 Å². The minimum atomic E-state index is -0.606. The third-order valence-electron chi connectivity index (χ3n) is 7.47. The number of hydrogen-bond donors (Lipinski definition) is 4. The van der Waals surface area contributed by atoms with Crippen molar-refractivity contribution >= 4 is 65.7 Å². The summed E-state index contributed by atoms with van der Waals surface area (Å²) in [6.07, 6.45) is 10.4. The van der Waals surface area contributed by atoms with Crippen LogP contribution in [-0.2, 0) is 4.79 Å². The number of piperazine rings is 1. The number of nitrogens with zero attached hydrogens (tertiary/aromatic N) is 6. The van der Waals surface area contributed by atoms with E-state index < -0.39 is 5.91 Å². The molecule has 2 aromatic rings. The molecule has 2 fully saturated rings. The SMILES string of the molecule is C=N/C(=C/C=O)c1cnc(N2CCN(CC3CCCN(C)C3)CC2)cn1.CCCCSO.CCNC.Cc1[nH]c(C(N)=O)c(Cl)c1Cl.